The lowest BCUT2D eigenvalue weighted by Crippen LogP contribution is -2.29. The maximum Gasteiger partial charge on any atom is 0.299 e. The molecule has 3 rings (SSSR count). The van der Waals surface area contributed by atoms with E-state index in [1.54, 1.807) is 0 Å². The van der Waals surface area contributed by atoms with E-state index < -0.39 is 23.3 Å². The van der Waals surface area contributed by atoms with Gasteiger partial charge in [-0.25, -0.2) is 8.78 Å². The second kappa shape index (κ2) is 4.77. The number of fused-ring (bicyclic) bond motifs is 1. The van der Waals surface area contributed by atoms with Crippen LogP contribution < -0.4 is 4.90 Å². The molecule has 1 amide bonds. The summed E-state index contributed by atoms with van der Waals surface area (Å²) in [4.78, 5) is 25.1. The normalized spacial score (nSPS) is 13.8. The smallest absolute Gasteiger partial charge is 0.299 e. The Morgan fingerprint density at radius 2 is 1.71 bits per heavy atom. The molecule has 2 aromatic rings. The van der Waals surface area contributed by atoms with E-state index >= 15 is 0 Å². The second-order valence-electron chi connectivity index (χ2n) is 4.93. The number of nitrogens with zero attached hydrogens (tertiary/aromatic N) is 1. The zero-order chi connectivity index (χ0) is 15.1. The summed E-state index contributed by atoms with van der Waals surface area (Å²) in [5.74, 6) is -3.78. The minimum Gasteiger partial charge on any atom is -0.300 e. The first-order valence-electron chi connectivity index (χ1n) is 6.39. The maximum atomic E-state index is 13.4. The number of benzene rings is 2. The van der Waals surface area contributed by atoms with Gasteiger partial charge in [-0.1, -0.05) is 24.3 Å². The fraction of sp³-hybridized carbons (Fsp3) is 0.125. The van der Waals surface area contributed by atoms with Crippen LogP contribution in [0.4, 0.5) is 14.5 Å². The van der Waals surface area contributed by atoms with E-state index in [4.69, 9.17) is 0 Å². The zero-order valence-electron chi connectivity index (χ0n) is 11.2. The SMILES string of the molecule is Cc1ccccc1CN1C(=O)C(=O)c2cc(F)c(F)cc21. The molecule has 0 aromatic heterocycles. The summed E-state index contributed by atoms with van der Waals surface area (Å²) < 4.78 is 26.6. The number of carbonyl (C=O) groups is 2. The summed E-state index contributed by atoms with van der Waals surface area (Å²) >= 11 is 0. The van der Waals surface area contributed by atoms with Crippen molar-refractivity contribution in [2.75, 3.05) is 4.90 Å². The van der Waals surface area contributed by atoms with Gasteiger partial charge < -0.3 is 4.90 Å². The quantitative estimate of drug-likeness (QED) is 0.796. The highest BCUT2D eigenvalue weighted by atomic mass is 19.2. The average Bonchev–Trinajstić information content (AvgIpc) is 2.67. The molecule has 0 saturated heterocycles. The largest absolute Gasteiger partial charge is 0.300 e. The van der Waals surface area contributed by atoms with Crippen LogP contribution in [0.25, 0.3) is 0 Å². The molecule has 0 radical (unpaired) electrons. The van der Waals surface area contributed by atoms with E-state index in [2.05, 4.69) is 0 Å². The van der Waals surface area contributed by atoms with Crippen molar-refractivity contribution in [2.24, 2.45) is 0 Å². The van der Waals surface area contributed by atoms with Gasteiger partial charge in [-0.3, -0.25) is 9.59 Å². The summed E-state index contributed by atoms with van der Waals surface area (Å²) in [6, 6.07) is 9.05. The number of ketones is 1. The molecule has 0 bridgehead atoms. The molecule has 0 aliphatic carbocycles. The Kier molecular flexibility index (Phi) is 3.05. The molecule has 0 saturated carbocycles. The minimum atomic E-state index is -1.13. The molecule has 0 atom stereocenters. The van der Waals surface area contributed by atoms with E-state index in [-0.39, 0.29) is 17.8 Å². The summed E-state index contributed by atoms with van der Waals surface area (Å²) in [5.41, 5.74) is 1.82. The number of Topliss-reactive ketones (excluding diaryl/α,β-unsaturated/α-hetero) is 1. The Hall–Kier alpha value is -2.56. The molecular formula is C16H11F2NO2. The van der Waals surface area contributed by atoms with Crippen LogP contribution in [-0.2, 0) is 11.3 Å². The third kappa shape index (κ3) is 2.11. The van der Waals surface area contributed by atoms with Crippen LogP contribution in [-0.4, -0.2) is 11.7 Å². The van der Waals surface area contributed by atoms with Gasteiger partial charge in [0.05, 0.1) is 17.8 Å². The first-order chi connectivity index (χ1) is 9.99. The Morgan fingerprint density at radius 3 is 2.43 bits per heavy atom. The number of amides is 1. The Balaban J connectivity index is 2.06. The van der Waals surface area contributed by atoms with Crippen LogP contribution in [0.5, 0.6) is 0 Å². The average molecular weight is 287 g/mol. The van der Waals surface area contributed by atoms with E-state index in [0.717, 1.165) is 23.3 Å². The first kappa shape index (κ1) is 13.4. The van der Waals surface area contributed by atoms with Gasteiger partial charge in [0, 0.05) is 6.07 Å². The van der Waals surface area contributed by atoms with E-state index in [9.17, 15) is 18.4 Å². The number of hydrogen-bond donors (Lipinski definition) is 0. The fourth-order valence-corrected chi connectivity index (χ4v) is 2.40. The lowest BCUT2D eigenvalue weighted by atomic mass is 10.1. The molecule has 0 N–H and O–H groups in total. The Bertz CT molecular complexity index is 771. The third-order valence-corrected chi connectivity index (χ3v) is 3.60. The van der Waals surface area contributed by atoms with Crippen molar-refractivity contribution in [3.05, 3.63) is 64.7 Å². The van der Waals surface area contributed by atoms with E-state index in [0.29, 0.717) is 0 Å². The van der Waals surface area contributed by atoms with Crippen LogP contribution in [0.2, 0.25) is 0 Å². The summed E-state index contributed by atoms with van der Waals surface area (Å²) in [6.07, 6.45) is 0. The highest BCUT2D eigenvalue weighted by molar-refractivity contribution is 6.52. The van der Waals surface area contributed by atoms with Crippen LogP contribution in [0.15, 0.2) is 36.4 Å². The number of anilines is 1. The standard InChI is InChI=1S/C16H11F2NO2/c1-9-4-2-3-5-10(9)8-19-14-7-13(18)12(17)6-11(14)15(20)16(19)21/h2-7H,8H2,1H3. The van der Waals surface area contributed by atoms with Gasteiger partial charge in [-0.05, 0) is 24.1 Å². The number of carbonyl (C=O) groups excluding carboxylic acids is 2. The monoisotopic (exact) mass is 287 g/mol. The number of rotatable bonds is 2. The maximum absolute atomic E-state index is 13.4. The fourth-order valence-electron chi connectivity index (χ4n) is 2.40. The number of aryl methyl sites for hydroxylation is 1. The van der Waals surface area contributed by atoms with Crippen molar-refractivity contribution in [3.63, 3.8) is 0 Å². The lowest BCUT2D eigenvalue weighted by molar-refractivity contribution is -0.114. The molecule has 106 valence electrons. The van der Waals surface area contributed by atoms with E-state index in [1.807, 2.05) is 31.2 Å². The van der Waals surface area contributed by atoms with Crippen LogP contribution in [0.1, 0.15) is 21.5 Å². The Morgan fingerprint density at radius 1 is 1.05 bits per heavy atom. The van der Waals surface area contributed by atoms with Crippen molar-refractivity contribution in [1.29, 1.82) is 0 Å². The van der Waals surface area contributed by atoms with E-state index in [1.165, 1.54) is 4.90 Å². The predicted molar refractivity (Wildman–Crippen MR) is 73.1 cm³/mol. The molecule has 0 unspecified atom stereocenters. The van der Waals surface area contributed by atoms with Gasteiger partial charge in [0.15, 0.2) is 11.6 Å². The lowest BCUT2D eigenvalue weighted by Gasteiger charge is -2.18. The van der Waals surface area contributed by atoms with Crippen molar-refractivity contribution in [1.82, 2.24) is 0 Å². The third-order valence-electron chi connectivity index (χ3n) is 3.60. The summed E-state index contributed by atoms with van der Waals surface area (Å²) in [6.45, 7) is 2.03. The molecule has 1 aliphatic heterocycles. The molecule has 1 aliphatic rings. The van der Waals surface area contributed by atoms with Crippen molar-refractivity contribution >= 4 is 17.4 Å². The van der Waals surface area contributed by atoms with Gasteiger partial charge >= 0.3 is 0 Å². The van der Waals surface area contributed by atoms with Crippen molar-refractivity contribution in [3.8, 4) is 0 Å². The molecular weight excluding hydrogens is 276 g/mol. The van der Waals surface area contributed by atoms with Crippen LogP contribution >= 0.6 is 0 Å². The van der Waals surface area contributed by atoms with Gasteiger partial charge in [-0.2, -0.15) is 0 Å². The number of halogens is 2. The van der Waals surface area contributed by atoms with Crippen LogP contribution in [0.3, 0.4) is 0 Å². The highest BCUT2D eigenvalue weighted by Gasteiger charge is 2.37. The molecule has 21 heavy (non-hydrogen) atoms. The molecule has 0 fully saturated rings. The van der Waals surface area contributed by atoms with Crippen LogP contribution in [0, 0.1) is 18.6 Å². The molecule has 2 aromatic carbocycles. The number of hydrogen-bond acceptors (Lipinski definition) is 2. The zero-order valence-corrected chi connectivity index (χ0v) is 11.2. The first-order valence-corrected chi connectivity index (χ1v) is 6.39. The summed E-state index contributed by atoms with van der Waals surface area (Å²) in [5, 5.41) is 0. The molecule has 0 spiro atoms. The predicted octanol–water partition coefficient (Wildman–Crippen LogP) is 3.00. The van der Waals surface area contributed by atoms with Crippen molar-refractivity contribution < 1.29 is 18.4 Å². The van der Waals surface area contributed by atoms with Gasteiger partial charge in [0.2, 0.25) is 0 Å². The summed E-state index contributed by atoms with van der Waals surface area (Å²) in [7, 11) is 0. The van der Waals surface area contributed by atoms with Gasteiger partial charge in [0.1, 0.15) is 0 Å². The van der Waals surface area contributed by atoms with Gasteiger partial charge in [0.25, 0.3) is 11.7 Å². The topological polar surface area (TPSA) is 37.4 Å². The highest BCUT2D eigenvalue weighted by Crippen LogP contribution is 2.32. The van der Waals surface area contributed by atoms with Gasteiger partial charge in [-0.15, -0.1) is 0 Å². The minimum absolute atomic E-state index is 0.0903. The molecule has 1 heterocycles. The van der Waals surface area contributed by atoms with Crippen molar-refractivity contribution in [2.45, 2.75) is 13.5 Å². The second-order valence-corrected chi connectivity index (χ2v) is 4.93. The Labute approximate surface area is 119 Å². The molecule has 5 heteroatoms. The molecule has 3 nitrogen and oxygen atoms in total.